The van der Waals surface area contributed by atoms with E-state index in [2.05, 4.69) is 39.0 Å². The molecule has 0 amide bonds. The van der Waals surface area contributed by atoms with E-state index in [9.17, 15) is 5.26 Å². The molecule has 0 saturated carbocycles. The van der Waals surface area contributed by atoms with Gasteiger partial charge in [-0.3, -0.25) is 0 Å². The highest BCUT2D eigenvalue weighted by Crippen LogP contribution is 2.37. The Balaban J connectivity index is 1.57. The van der Waals surface area contributed by atoms with E-state index in [1.165, 1.54) is 0 Å². The molecule has 0 aliphatic carbocycles. The number of aryl methyl sites for hydroxylation is 2. The summed E-state index contributed by atoms with van der Waals surface area (Å²) in [5, 5.41) is 19.8. The summed E-state index contributed by atoms with van der Waals surface area (Å²) in [6.07, 6.45) is 0. The first kappa shape index (κ1) is 19.4. The van der Waals surface area contributed by atoms with Crippen LogP contribution in [-0.2, 0) is 0 Å². The van der Waals surface area contributed by atoms with Gasteiger partial charge in [-0.05, 0) is 60.7 Å². The average Bonchev–Trinajstić information content (AvgIpc) is 2.77. The number of rotatable bonds is 6. The Labute approximate surface area is 174 Å². The van der Waals surface area contributed by atoms with Gasteiger partial charge in [0.15, 0.2) is 5.75 Å². The summed E-state index contributed by atoms with van der Waals surface area (Å²) in [5.41, 5.74) is 11.7. The number of nitrogens with zero attached hydrogens (tertiary/aromatic N) is 2. The number of hydrogen-bond acceptors (Lipinski definition) is 6. The number of hydrogen-bond donors (Lipinski definition) is 3. The van der Waals surface area contributed by atoms with Crippen molar-refractivity contribution in [1.82, 2.24) is 0 Å². The van der Waals surface area contributed by atoms with Gasteiger partial charge in [0.2, 0.25) is 0 Å². The molecule has 0 atom stereocenters. The lowest BCUT2D eigenvalue weighted by Gasteiger charge is -2.13. The fourth-order valence-electron chi connectivity index (χ4n) is 3.21. The van der Waals surface area contributed by atoms with Crippen LogP contribution >= 0.6 is 0 Å². The number of nitrogens with one attached hydrogen (secondary N) is 2. The Morgan fingerprint density at radius 2 is 1.57 bits per heavy atom. The third kappa shape index (κ3) is 4.09. The molecule has 0 unspecified atom stereocenters. The van der Waals surface area contributed by atoms with Gasteiger partial charge in [0.1, 0.15) is 5.69 Å². The van der Waals surface area contributed by atoms with E-state index in [1.807, 2.05) is 73.7 Å². The van der Waals surface area contributed by atoms with Crippen LogP contribution in [0.1, 0.15) is 11.1 Å². The predicted octanol–water partition coefficient (Wildman–Crippen LogP) is 7.16. The maximum atomic E-state index is 9.22. The third-order valence-corrected chi connectivity index (χ3v) is 4.90. The molecule has 0 bridgehead atoms. The van der Waals surface area contributed by atoms with Gasteiger partial charge in [-0.15, -0.1) is 5.11 Å². The van der Waals surface area contributed by atoms with Gasteiger partial charge in [-0.1, -0.05) is 48.5 Å². The molecule has 150 valence electrons. The van der Waals surface area contributed by atoms with Crippen LogP contribution < -0.4 is 15.7 Å². The van der Waals surface area contributed by atoms with Gasteiger partial charge in [-0.25, -0.2) is 5.26 Å². The Morgan fingerprint density at radius 3 is 2.37 bits per heavy atom. The summed E-state index contributed by atoms with van der Waals surface area (Å²) < 4.78 is 0. The molecule has 0 aliphatic rings. The Kier molecular flexibility index (Phi) is 5.59. The number of fused-ring (bicyclic) bond motifs is 1. The van der Waals surface area contributed by atoms with Gasteiger partial charge in [0.05, 0.1) is 17.1 Å². The quantitative estimate of drug-likeness (QED) is 0.183. The zero-order valence-corrected chi connectivity index (χ0v) is 16.8. The molecule has 6 nitrogen and oxygen atoms in total. The summed E-state index contributed by atoms with van der Waals surface area (Å²) in [5.74, 6) is 0.260. The topological polar surface area (TPSA) is 78.2 Å². The van der Waals surface area contributed by atoms with Crippen LogP contribution in [0, 0.1) is 13.8 Å². The van der Waals surface area contributed by atoms with Crippen LogP contribution in [0.4, 0.5) is 22.7 Å². The summed E-state index contributed by atoms with van der Waals surface area (Å²) in [7, 11) is 0. The lowest BCUT2D eigenvalue weighted by molar-refractivity contribution is -0.136. The number of benzene rings is 4. The van der Waals surface area contributed by atoms with Crippen molar-refractivity contribution < 1.29 is 10.1 Å². The van der Waals surface area contributed by atoms with Crippen molar-refractivity contribution in [1.29, 1.82) is 0 Å². The van der Waals surface area contributed by atoms with Crippen molar-refractivity contribution in [3.63, 3.8) is 0 Å². The summed E-state index contributed by atoms with van der Waals surface area (Å²) >= 11 is 0. The van der Waals surface area contributed by atoms with E-state index in [4.69, 9.17) is 0 Å². The van der Waals surface area contributed by atoms with Gasteiger partial charge in [0.25, 0.3) is 0 Å². The number of para-hydroxylation sites is 1. The van der Waals surface area contributed by atoms with Crippen molar-refractivity contribution in [3.05, 3.63) is 90.0 Å². The monoisotopic (exact) mass is 398 g/mol. The second kappa shape index (κ2) is 8.63. The molecule has 4 aromatic carbocycles. The molecule has 30 heavy (non-hydrogen) atoms. The lowest BCUT2D eigenvalue weighted by Crippen LogP contribution is -2.09. The molecule has 3 N–H and O–H groups in total. The van der Waals surface area contributed by atoms with E-state index in [-0.39, 0.29) is 5.75 Å². The van der Waals surface area contributed by atoms with E-state index in [0.29, 0.717) is 5.69 Å². The highest BCUT2D eigenvalue weighted by molar-refractivity contribution is 5.95. The zero-order valence-electron chi connectivity index (χ0n) is 16.8. The summed E-state index contributed by atoms with van der Waals surface area (Å²) in [6, 6.07) is 25.2. The molecular weight excluding hydrogens is 376 g/mol. The van der Waals surface area contributed by atoms with Crippen molar-refractivity contribution in [2.24, 2.45) is 10.2 Å². The molecule has 4 aromatic rings. The number of anilines is 2. The minimum absolute atomic E-state index is 0.260. The van der Waals surface area contributed by atoms with E-state index < -0.39 is 0 Å². The lowest BCUT2D eigenvalue weighted by atomic mass is 10.1. The molecule has 0 heterocycles. The highest BCUT2D eigenvalue weighted by atomic mass is 17.1. The largest absolute Gasteiger partial charge is 0.338 e. The van der Waals surface area contributed by atoms with E-state index in [0.717, 1.165) is 39.0 Å². The van der Waals surface area contributed by atoms with Crippen LogP contribution in [0.2, 0.25) is 0 Å². The van der Waals surface area contributed by atoms with Crippen LogP contribution in [-0.4, -0.2) is 5.26 Å². The van der Waals surface area contributed by atoms with Gasteiger partial charge < -0.3 is 15.7 Å². The SMILES string of the molecule is Cc1cc(NNc2ccccc2C)ccc1N=Nc1c(OO)ccc2ccccc12. The fraction of sp³-hybridized carbons (Fsp3) is 0.0833. The fourth-order valence-corrected chi connectivity index (χ4v) is 3.21. The van der Waals surface area contributed by atoms with Crippen LogP contribution in [0.15, 0.2) is 89.1 Å². The van der Waals surface area contributed by atoms with Crippen molar-refractivity contribution in [2.45, 2.75) is 13.8 Å². The van der Waals surface area contributed by atoms with Gasteiger partial charge in [0, 0.05) is 5.39 Å². The maximum absolute atomic E-state index is 9.22. The maximum Gasteiger partial charge on any atom is 0.193 e. The molecule has 0 aliphatic heterocycles. The Morgan fingerprint density at radius 1 is 0.767 bits per heavy atom. The van der Waals surface area contributed by atoms with Crippen LogP contribution in [0.5, 0.6) is 5.75 Å². The van der Waals surface area contributed by atoms with E-state index in [1.54, 1.807) is 6.07 Å². The van der Waals surface area contributed by atoms with Crippen molar-refractivity contribution in [2.75, 3.05) is 10.9 Å². The summed E-state index contributed by atoms with van der Waals surface area (Å²) in [4.78, 5) is 4.50. The van der Waals surface area contributed by atoms with Gasteiger partial charge in [-0.2, -0.15) is 5.11 Å². The average molecular weight is 398 g/mol. The highest BCUT2D eigenvalue weighted by Gasteiger charge is 2.09. The molecule has 6 heteroatoms. The molecular formula is C24H22N4O2. The number of azo groups is 1. The minimum atomic E-state index is 0.260. The number of hydrazine groups is 1. The molecule has 0 spiro atoms. The molecule has 0 fully saturated rings. The smallest absolute Gasteiger partial charge is 0.193 e. The summed E-state index contributed by atoms with van der Waals surface area (Å²) in [6.45, 7) is 4.02. The zero-order chi connectivity index (χ0) is 20.9. The second-order valence-corrected chi connectivity index (χ2v) is 6.99. The Hall–Kier alpha value is -3.90. The van der Waals surface area contributed by atoms with Crippen LogP contribution in [0.3, 0.4) is 0 Å². The molecule has 0 aromatic heterocycles. The molecule has 0 saturated heterocycles. The molecule has 4 rings (SSSR count). The van der Waals surface area contributed by atoms with Gasteiger partial charge >= 0.3 is 0 Å². The third-order valence-electron chi connectivity index (χ3n) is 4.90. The predicted molar refractivity (Wildman–Crippen MR) is 121 cm³/mol. The second-order valence-electron chi connectivity index (χ2n) is 6.99. The first-order valence-electron chi connectivity index (χ1n) is 9.59. The molecule has 0 radical (unpaired) electrons. The standard InChI is InChI=1S/C24H22N4O2/c1-16-7-3-6-10-21(16)26-25-19-12-13-22(17(2)15-19)27-28-24-20-9-5-4-8-18(20)11-14-23(24)30-29/h3-15,25-26,29H,1-2H3. The van der Waals surface area contributed by atoms with Crippen molar-refractivity contribution in [3.8, 4) is 5.75 Å². The van der Waals surface area contributed by atoms with Crippen LogP contribution in [0.25, 0.3) is 10.8 Å². The van der Waals surface area contributed by atoms with Crippen molar-refractivity contribution >= 4 is 33.5 Å². The normalized spacial score (nSPS) is 11.0. The first-order chi connectivity index (χ1) is 14.7. The minimum Gasteiger partial charge on any atom is -0.338 e. The Bertz CT molecular complexity index is 1220. The first-order valence-corrected chi connectivity index (χ1v) is 9.59. The van der Waals surface area contributed by atoms with E-state index >= 15 is 0 Å².